The van der Waals surface area contributed by atoms with Crippen LogP contribution in [0.1, 0.15) is 36.8 Å². The Morgan fingerprint density at radius 3 is 2.82 bits per heavy atom. The van der Waals surface area contributed by atoms with Crippen molar-refractivity contribution in [1.29, 1.82) is 0 Å². The zero-order valence-electron chi connectivity index (χ0n) is 13.5. The summed E-state index contributed by atoms with van der Waals surface area (Å²) in [5, 5.41) is 3.84. The number of nitrogens with zero attached hydrogens (tertiary/aromatic N) is 1. The summed E-state index contributed by atoms with van der Waals surface area (Å²) in [7, 11) is 0. The molecule has 1 aliphatic carbocycles. The molecule has 3 heteroatoms. The lowest BCUT2D eigenvalue weighted by Gasteiger charge is -2.46. The minimum Gasteiger partial charge on any atom is -0.380 e. The number of benzene rings is 1. The second kappa shape index (κ2) is 6.31. The summed E-state index contributed by atoms with van der Waals surface area (Å²) < 4.78 is 5.80. The zero-order valence-corrected chi connectivity index (χ0v) is 13.5. The maximum Gasteiger partial charge on any atom is 0.0593 e. The maximum atomic E-state index is 5.80. The van der Waals surface area contributed by atoms with E-state index < -0.39 is 0 Å². The van der Waals surface area contributed by atoms with Gasteiger partial charge in [-0.2, -0.15) is 0 Å². The first-order valence-corrected chi connectivity index (χ1v) is 8.99. The second-order valence-corrected chi connectivity index (χ2v) is 7.28. The van der Waals surface area contributed by atoms with Crippen molar-refractivity contribution in [1.82, 2.24) is 10.2 Å². The quantitative estimate of drug-likeness (QED) is 0.846. The van der Waals surface area contributed by atoms with Gasteiger partial charge >= 0.3 is 0 Å². The normalized spacial score (nSPS) is 24.4. The minimum atomic E-state index is 0.236. The van der Waals surface area contributed by atoms with Crippen LogP contribution in [0.2, 0.25) is 0 Å². The molecule has 2 heterocycles. The van der Waals surface area contributed by atoms with Crippen molar-refractivity contribution in [3.8, 4) is 0 Å². The van der Waals surface area contributed by atoms with Crippen LogP contribution in [0.4, 0.5) is 0 Å². The van der Waals surface area contributed by atoms with Gasteiger partial charge < -0.3 is 15.0 Å². The van der Waals surface area contributed by atoms with E-state index in [9.17, 15) is 0 Å². The highest BCUT2D eigenvalue weighted by atomic mass is 16.5. The molecule has 3 nitrogen and oxygen atoms in total. The third-order valence-electron chi connectivity index (χ3n) is 5.70. The molecule has 1 saturated heterocycles. The average Bonchev–Trinajstić information content (AvgIpc) is 3.38. The highest BCUT2D eigenvalue weighted by Gasteiger charge is 2.38. The summed E-state index contributed by atoms with van der Waals surface area (Å²) >= 11 is 0. The van der Waals surface area contributed by atoms with Crippen LogP contribution >= 0.6 is 0 Å². The van der Waals surface area contributed by atoms with Gasteiger partial charge in [-0.1, -0.05) is 24.3 Å². The molecule has 1 N–H and O–H groups in total. The van der Waals surface area contributed by atoms with E-state index in [-0.39, 0.29) is 5.54 Å². The number of fused-ring (bicyclic) bond motifs is 2. The lowest BCUT2D eigenvalue weighted by molar-refractivity contribution is 0.0696. The van der Waals surface area contributed by atoms with E-state index in [4.69, 9.17) is 4.74 Å². The molecule has 1 spiro atoms. The minimum absolute atomic E-state index is 0.236. The van der Waals surface area contributed by atoms with Gasteiger partial charge in [-0.15, -0.1) is 0 Å². The van der Waals surface area contributed by atoms with E-state index in [0.717, 1.165) is 32.2 Å². The fourth-order valence-electron chi connectivity index (χ4n) is 4.07. The van der Waals surface area contributed by atoms with E-state index in [1.807, 2.05) is 0 Å². The molecule has 0 amide bonds. The molecule has 1 saturated carbocycles. The Balaban J connectivity index is 1.31. The van der Waals surface area contributed by atoms with E-state index in [2.05, 4.69) is 34.5 Å². The molecular weight excluding hydrogens is 272 g/mol. The molecule has 0 unspecified atom stereocenters. The first-order valence-electron chi connectivity index (χ1n) is 8.99. The molecule has 3 aliphatic rings. The molecule has 1 aromatic rings. The molecule has 2 aliphatic heterocycles. The Morgan fingerprint density at radius 2 is 2.00 bits per heavy atom. The van der Waals surface area contributed by atoms with Gasteiger partial charge in [0.15, 0.2) is 0 Å². The summed E-state index contributed by atoms with van der Waals surface area (Å²) in [5.41, 5.74) is 3.36. The van der Waals surface area contributed by atoms with Crippen molar-refractivity contribution in [2.75, 3.05) is 39.4 Å². The molecule has 0 aromatic heterocycles. The van der Waals surface area contributed by atoms with Crippen molar-refractivity contribution in [2.24, 2.45) is 5.92 Å². The first kappa shape index (κ1) is 14.7. The highest BCUT2D eigenvalue weighted by Crippen LogP contribution is 2.37. The topological polar surface area (TPSA) is 24.5 Å². The van der Waals surface area contributed by atoms with E-state index in [1.54, 1.807) is 11.1 Å². The molecule has 120 valence electrons. The van der Waals surface area contributed by atoms with Crippen LogP contribution in [0, 0.1) is 5.92 Å². The summed E-state index contributed by atoms with van der Waals surface area (Å²) in [4.78, 5) is 2.58. The van der Waals surface area contributed by atoms with Crippen molar-refractivity contribution < 1.29 is 4.74 Å². The van der Waals surface area contributed by atoms with Crippen LogP contribution in [0.5, 0.6) is 0 Å². The molecule has 0 radical (unpaired) electrons. The molecule has 0 atom stereocenters. The average molecular weight is 300 g/mol. The standard InChI is InChI=1S/C19H28N2O/c1-2-4-18-17(3-1)7-10-20-19(18)8-11-21(12-9-19)13-14-22-15-16-5-6-16/h1-4,16,20H,5-15H2. The molecule has 2 fully saturated rings. The van der Waals surface area contributed by atoms with E-state index in [0.29, 0.717) is 0 Å². The van der Waals surface area contributed by atoms with E-state index >= 15 is 0 Å². The molecular formula is C19H28N2O. The first-order chi connectivity index (χ1) is 10.9. The van der Waals surface area contributed by atoms with Gasteiger partial charge in [0.1, 0.15) is 0 Å². The molecule has 1 aromatic carbocycles. The molecule has 4 rings (SSSR count). The van der Waals surface area contributed by atoms with Gasteiger partial charge in [0, 0.05) is 38.3 Å². The van der Waals surface area contributed by atoms with Crippen molar-refractivity contribution >= 4 is 0 Å². The van der Waals surface area contributed by atoms with Crippen molar-refractivity contribution in [3.63, 3.8) is 0 Å². The maximum absolute atomic E-state index is 5.80. The van der Waals surface area contributed by atoms with Crippen LogP contribution in [0.25, 0.3) is 0 Å². The van der Waals surface area contributed by atoms with Crippen molar-refractivity contribution in [3.05, 3.63) is 35.4 Å². The number of rotatable bonds is 5. The number of nitrogens with one attached hydrogen (secondary N) is 1. The fourth-order valence-corrected chi connectivity index (χ4v) is 4.07. The van der Waals surface area contributed by atoms with Crippen LogP contribution < -0.4 is 5.32 Å². The largest absolute Gasteiger partial charge is 0.380 e. The molecule has 22 heavy (non-hydrogen) atoms. The van der Waals surface area contributed by atoms with Gasteiger partial charge in [0.05, 0.1) is 6.61 Å². The van der Waals surface area contributed by atoms with Crippen molar-refractivity contribution in [2.45, 2.75) is 37.6 Å². The van der Waals surface area contributed by atoms with Gasteiger partial charge in [-0.25, -0.2) is 0 Å². The Bertz CT molecular complexity index is 504. The number of hydrogen-bond donors (Lipinski definition) is 1. The van der Waals surface area contributed by atoms with Crippen LogP contribution in [-0.2, 0) is 16.7 Å². The number of likely N-dealkylation sites (tertiary alicyclic amines) is 1. The number of hydrogen-bond acceptors (Lipinski definition) is 3. The van der Waals surface area contributed by atoms with Crippen LogP contribution in [0.3, 0.4) is 0 Å². The molecule has 0 bridgehead atoms. The van der Waals surface area contributed by atoms with Crippen LogP contribution in [-0.4, -0.2) is 44.3 Å². The fraction of sp³-hybridized carbons (Fsp3) is 0.684. The Hall–Kier alpha value is -0.900. The predicted octanol–water partition coefficient (Wildman–Crippen LogP) is 2.55. The summed E-state index contributed by atoms with van der Waals surface area (Å²) in [6, 6.07) is 9.04. The Morgan fingerprint density at radius 1 is 1.18 bits per heavy atom. The second-order valence-electron chi connectivity index (χ2n) is 7.28. The van der Waals surface area contributed by atoms with Gasteiger partial charge in [0.25, 0.3) is 0 Å². The SMILES string of the molecule is c1ccc2c(c1)CCNC21CCN(CCOCC2CC2)CC1. The summed E-state index contributed by atoms with van der Waals surface area (Å²) in [6.45, 7) is 6.51. The third-order valence-corrected chi connectivity index (χ3v) is 5.70. The number of piperidine rings is 1. The zero-order chi connectivity index (χ0) is 14.8. The summed E-state index contributed by atoms with van der Waals surface area (Å²) in [6.07, 6.45) is 6.41. The van der Waals surface area contributed by atoms with Gasteiger partial charge in [-0.05, 0) is 49.1 Å². The summed E-state index contributed by atoms with van der Waals surface area (Å²) in [5.74, 6) is 0.882. The monoisotopic (exact) mass is 300 g/mol. The highest BCUT2D eigenvalue weighted by molar-refractivity contribution is 5.36. The Labute approximate surface area is 134 Å². The van der Waals surface area contributed by atoms with E-state index in [1.165, 1.54) is 45.2 Å². The van der Waals surface area contributed by atoms with Gasteiger partial charge in [0.2, 0.25) is 0 Å². The predicted molar refractivity (Wildman–Crippen MR) is 89.0 cm³/mol. The lowest BCUT2D eigenvalue weighted by Crippen LogP contribution is -2.54. The lowest BCUT2D eigenvalue weighted by atomic mass is 9.76. The Kier molecular flexibility index (Phi) is 4.21. The number of ether oxygens (including phenoxy) is 1. The van der Waals surface area contributed by atoms with Gasteiger partial charge in [-0.3, -0.25) is 0 Å². The van der Waals surface area contributed by atoms with Crippen LogP contribution in [0.15, 0.2) is 24.3 Å². The third kappa shape index (κ3) is 3.08. The smallest absolute Gasteiger partial charge is 0.0593 e.